The second-order valence-electron chi connectivity index (χ2n) is 7.68. The second-order valence-corrected chi connectivity index (χ2v) is 8.65. The Kier molecular flexibility index (Phi) is 7.47. The molecule has 4 aromatic rings. The van der Waals surface area contributed by atoms with Gasteiger partial charge >= 0.3 is 5.97 Å². The number of amides is 1. The van der Waals surface area contributed by atoms with Crippen molar-refractivity contribution in [3.8, 4) is 11.3 Å². The topological polar surface area (TPSA) is 94.4 Å². The van der Waals surface area contributed by atoms with Crippen molar-refractivity contribution in [3.05, 3.63) is 99.3 Å². The van der Waals surface area contributed by atoms with Gasteiger partial charge in [-0.05, 0) is 25.5 Å². The molecule has 0 aliphatic heterocycles. The largest absolute Gasteiger partial charge is 0.462 e. The number of thiazole rings is 1. The number of aromatic nitrogens is 3. The minimum Gasteiger partial charge on any atom is -0.462 e. The highest BCUT2D eigenvalue weighted by Crippen LogP contribution is 2.28. The number of esters is 1. The van der Waals surface area contributed by atoms with Crippen LogP contribution >= 0.6 is 11.3 Å². The van der Waals surface area contributed by atoms with E-state index in [0.29, 0.717) is 21.4 Å². The number of hydrogen-bond donors (Lipinski definition) is 0. The smallest absolute Gasteiger partial charge is 0.350 e. The first-order valence-corrected chi connectivity index (χ1v) is 11.9. The average Bonchev–Trinajstić information content (AvgIpc) is 3.26. The summed E-state index contributed by atoms with van der Waals surface area (Å²) in [7, 11) is 0. The first-order valence-electron chi connectivity index (χ1n) is 11.1. The van der Waals surface area contributed by atoms with Crippen molar-refractivity contribution in [3.63, 3.8) is 0 Å². The molecule has 9 heteroatoms. The maximum atomic E-state index is 13.5. The maximum absolute atomic E-state index is 13.5. The van der Waals surface area contributed by atoms with E-state index in [1.807, 2.05) is 60.7 Å². The first kappa shape index (κ1) is 24.0. The molecule has 0 atom stereocenters. The lowest BCUT2D eigenvalue weighted by molar-refractivity contribution is -0.119. The molecular formula is C26H24N4O4S. The van der Waals surface area contributed by atoms with Gasteiger partial charge in [0.25, 0.3) is 11.5 Å². The summed E-state index contributed by atoms with van der Waals surface area (Å²) in [4.78, 5) is 44.7. The van der Waals surface area contributed by atoms with Crippen LogP contribution in [0.1, 0.15) is 27.9 Å². The van der Waals surface area contributed by atoms with Gasteiger partial charge in [-0.15, -0.1) is 0 Å². The van der Waals surface area contributed by atoms with Crippen LogP contribution < -0.4 is 10.5 Å². The molecule has 0 aliphatic carbocycles. The normalized spacial score (nSPS) is 10.7. The van der Waals surface area contributed by atoms with Gasteiger partial charge in [-0.25, -0.2) is 14.5 Å². The van der Waals surface area contributed by atoms with Gasteiger partial charge in [0.1, 0.15) is 11.4 Å². The fourth-order valence-corrected chi connectivity index (χ4v) is 4.43. The van der Waals surface area contributed by atoms with Crippen LogP contribution in [0.3, 0.4) is 0 Å². The molecule has 0 saturated carbocycles. The zero-order chi connectivity index (χ0) is 24.8. The van der Waals surface area contributed by atoms with Crippen LogP contribution in [-0.2, 0) is 22.6 Å². The third-order valence-electron chi connectivity index (χ3n) is 5.18. The molecule has 0 radical (unpaired) electrons. The van der Waals surface area contributed by atoms with Crippen molar-refractivity contribution in [1.29, 1.82) is 0 Å². The Morgan fingerprint density at radius 3 is 2.37 bits per heavy atom. The molecule has 0 aliphatic rings. The molecule has 0 bridgehead atoms. The summed E-state index contributed by atoms with van der Waals surface area (Å²) in [5.41, 5.74) is 2.40. The van der Waals surface area contributed by atoms with Gasteiger partial charge in [-0.1, -0.05) is 72.0 Å². The van der Waals surface area contributed by atoms with Crippen molar-refractivity contribution >= 4 is 28.3 Å². The van der Waals surface area contributed by atoms with Crippen molar-refractivity contribution in [2.24, 2.45) is 0 Å². The average molecular weight is 489 g/mol. The van der Waals surface area contributed by atoms with Gasteiger partial charge in [-0.2, -0.15) is 5.10 Å². The number of carbonyl (C=O) groups excluding carboxylic acids is 2. The lowest BCUT2D eigenvalue weighted by Crippen LogP contribution is -2.37. The summed E-state index contributed by atoms with van der Waals surface area (Å²) in [6, 6.07) is 21.9. The number of aryl methyl sites for hydroxylation is 1. The van der Waals surface area contributed by atoms with Crippen LogP contribution in [0.2, 0.25) is 0 Å². The van der Waals surface area contributed by atoms with E-state index < -0.39 is 5.97 Å². The third kappa shape index (κ3) is 5.70. The Hall–Kier alpha value is -4.11. The van der Waals surface area contributed by atoms with Gasteiger partial charge in [-0.3, -0.25) is 14.5 Å². The number of nitrogens with zero attached hydrogens (tertiary/aromatic N) is 4. The summed E-state index contributed by atoms with van der Waals surface area (Å²) in [5, 5.41) is 4.76. The SMILES string of the molecule is CCOC(=O)c1sc(N(Cc2ccccc2)C(=O)Cn2nc(-c3ccccc3)ccc2=O)nc1C. The van der Waals surface area contributed by atoms with Crippen LogP contribution in [0.25, 0.3) is 11.3 Å². The van der Waals surface area contributed by atoms with Crippen LogP contribution in [0.5, 0.6) is 0 Å². The van der Waals surface area contributed by atoms with E-state index in [1.165, 1.54) is 11.0 Å². The lowest BCUT2D eigenvalue weighted by atomic mass is 10.1. The minimum absolute atomic E-state index is 0.224. The van der Waals surface area contributed by atoms with Crippen molar-refractivity contribution in [1.82, 2.24) is 14.8 Å². The summed E-state index contributed by atoms with van der Waals surface area (Å²) in [6.45, 7) is 3.62. The number of anilines is 1. The van der Waals surface area contributed by atoms with Crippen molar-refractivity contribution in [2.75, 3.05) is 11.5 Å². The molecule has 35 heavy (non-hydrogen) atoms. The molecule has 2 aromatic heterocycles. The van der Waals surface area contributed by atoms with Crippen LogP contribution in [0.4, 0.5) is 5.13 Å². The van der Waals surface area contributed by atoms with Crippen LogP contribution in [0.15, 0.2) is 77.6 Å². The van der Waals surface area contributed by atoms with E-state index in [1.54, 1.807) is 19.9 Å². The van der Waals surface area contributed by atoms with Gasteiger partial charge < -0.3 is 4.74 Å². The molecule has 1 amide bonds. The van der Waals surface area contributed by atoms with Crippen molar-refractivity contribution < 1.29 is 14.3 Å². The van der Waals surface area contributed by atoms with Gasteiger partial charge in [0.05, 0.1) is 24.5 Å². The van der Waals surface area contributed by atoms with Gasteiger partial charge in [0.15, 0.2) is 5.13 Å². The van der Waals surface area contributed by atoms with E-state index in [-0.39, 0.29) is 31.2 Å². The van der Waals surface area contributed by atoms with E-state index >= 15 is 0 Å². The standard InChI is InChI=1S/C26H24N4O4S/c1-3-34-25(33)24-18(2)27-26(35-24)29(16-19-10-6-4-7-11-19)23(32)17-30-22(31)15-14-21(28-30)20-12-8-5-9-13-20/h4-15H,3,16-17H2,1-2H3. The molecule has 0 saturated heterocycles. The Morgan fingerprint density at radius 2 is 1.69 bits per heavy atom. The Labute approximate surface area is 206 Å². The monoisotopic (exact) mass is 488 g/mol. The summed E-state index contributed by atoms with van der Waals surface area (Å²) < 4.78 is 6.27. The number of hydrogen-bond acceptors (Lipinski definition) is 7. The molecule has 0 spiro atoms. The van der Waals surface area contributed by atoms with E-state index in [0.717, 1.165) is 27.1 Å². The zero-order valence-corrected chi connectivity index (χ0v) is 20.2. The quantitative estimate of drug-likeness (QED) is 0.347. The maximum Gasteiger partial charge on any atom is 0.350 e. The Morgan fingerprint density at radius 1 is 1.00 bits per heavy atom. The number of benzene rings is 2. The highest BCUT2D eigenvalue weighted by Gasteiger charge is 2.25. The van der Waals surface area contributed by atoms with E-state index in [9.17, 15) is 14.4 Å². The lowest BCUT2D eigenvalue weighted by Gasteiger charge is -2.20. The van der Waals surface area contributed by atoms with E-state index in [2.05, 4.69) is 10.1 Å². The molecule has 4 rings (SSSR count). The third-order valence-corrected chi connectivity index (χ3v) is 6.34. The first-order chi connectivity index (χ1) is 17.0. The molecule has 8 nitrogen and oxygen atoms in total. The Bertz CT molecular complexity index is 1380. The predicted octanol–water partition coefficient (Wildman–Crippen LogP) is 4.09. The minimum atomic E-state index is -0.477. The Balaban J connectivity index is 1.67. The predicted molar refractivity (Wildman–Crippen MR) is 134 cm³/mol. The summed E-state index contributed by atoms with van der Waals surface area (Å²) >= 11 is 1.09. The number of ether oxygens (including phenoxy) is 1. The van der Waals surface area contributed by atoms with Crippen molar-refractivity contribution in [2.45, 2.75) is 26.9 Å². The van der Waals surface area contributed by atoms with Crippen LogP contribution in [0, 0.1) is 6.92 Å². The molecule has 2 aromatic carbocycles. The number of carbonyl (C=O) groups is 2. The highest BCUT2D eigenvalue weighted by molar-refractivity contribution is 7.17. The second kappa shape index (κ2) is 10.9. The van der Waals surface area contributed by atoms with Crippen LogP contribution in [-0.4, -0.2) is 33.2 Å². The molecule has 2 heterocycles. The molecule has 0 N–H and O–H groups in total. The van der Waals surface area contributed by atoms with Gasteiger partial charge in [0.2, 0.25) is 0 Å². The molecular weight excluding hydrogens is 464 g/mol. The molecule has 178 valence electrons. The van der Waals surface area contributed by atoms with E-state index in [4.69, 9.17) is 4.74 Å². The fraction of sp³-hybridized carbons (Fsp3) is 0.192. The fourth-order valence-electron chi connectivity index (χ4n) is 3.45. The molecule has 0 fully saturated rings. The highest BCUT2D eigenvalue weighted by atomic mass is 32.1. The zero-order valence-electron chi connectivity index (χ0n) is 19.4. The summed E-state index contributed by atoms with van der Waals surface area (Å²) in [5.74, 6) is -0.855. The molecule has 0 unspecified atom stereocenters. The summed E-state index contributed by atoms with van der Waals surface area (Å²) in [6.07, 6.45) is 0. The number of rotatable bonds is 8. The van der Waals surface area contributed by atoms with Gasteiger partial charge in [0, 0.05) is 11.6 Å².